The van der Waals surface area contributed by atoms with Crippen LogP contribution in [0.2, 0.25) is 0 Å². The van der Waals surface area contributed by atoms with Gasteiger partial charge in [0.05, 0.1) is 6.04 Å². The van der Waals surface area contributed by atoms with Crippen molar-refractivity contribution < 1.29 is 0 Å². The van der Waals surface area contributed by atoms with Crippen LogP contribution in [0.15, 0.2) is 42.5 Å². The Hall–Kier alpha value is -2.02. The van der Waals surface area contributed by atoms with Crippen LogP contribution in [0.4, 0.5) is 0 Å². The first-order valence-electron chi connectivity index (χ1n) is 9.97. The van der Waals surface area contributed by atoms with Crippen molar-refractivity contribution in [3.8, 4) is 0 Å². The number of benzene rings is 1. The van der Waals surface area contributed by atoms with Crippen LogP contribution < -0.4 is 10.7 Å². The molecule has 0 radical (unpaired) electrons. The number of aromatic nitrogens is 1. The van der Waals surface area contributed by atoms with E-state index in [1.165, 1.54) is 47.6 Å². The molecule has 0 N–H and O–H groups in total. The highest BCUT2D eigenvalue weighted by Crippen LogP contribution is 2.24. The maximum Gasteiger partial charge on any atom is 0.0549 e. The molecule has 1 unspecified atom stereocenters. The summed E-state index contributed by atoms with van der Waals surface area (Å²) in [7, 11) is 0. The first-order chi connectivity index (χ1) is 12.4. The lowest BCUT2D eigenvalue weighted by Crippen LogP contribution is -2.30. The van der Waals surface area contributed by atoms with Gasteiger partial charge in [0.2, 0.25) is 0 Å². The summed E-state index contributed by atoms with van der Waals surface area (Å²) in [5, 5.41) is 4.70. The third kappa shape index (κ3) is 4.38. The normalized spacial score (nSPS) is 12.4. The molecule has 26 heavy (non-hydrogen) atoms. The van der Waals surface area contributed by atoms with Gasteiger partial charge in [0.25, 0.3) is 0 Å². The molecule has 2 rings (SSSR count). The highest BCUT2D eigenvalue weighted by atomic mass is 15.0. The van der Waals surface area contributed by atoms with Gasteiger partial charge in [0.1, 0.15) is 0 Å². The first kappa shape index (κ1) is 20.3. The monoisotopic (exact) mass is 349 g/mol. The van der Waals surface area contributed by atoms with Gasteiger partial charge >= 0.3 is 0 Å². The number of nitrogens with zero attached hydrogens (tertiary/aromatic N) is 1. The van der Waals surface area contributed by atoms with Crippen LogP contribution in [-0.4, -0.2) is 4.57 Å². The SMILES string of the molecule is C=C(C)CCC(C(=C)C)n1c(=C)c2cccc(CCCCCC)c2c1=C. The number of allylic oxidation sites excluding steroid dienone is 2. The van der Waals surface area contributed by atoms with Crippen LogP contribution >= 0.6 is 0 Å². The first-order valence-corrected chi connectivity index (χ1v) is 9.97. The van der Waals surface area contributed by atoms with E-state index in [0.717, 1.165) is 35.5 Å². The van der Waals surface area contributed by atoms with Crippen LogP contribution in [0, 0.1) is 0 Å². The minimum atomic E-state index is 0.229. The fraction of sp³-hybridized carbons (Fsp3) is 0.440. The molecule has 0 saturated heterocycles. The van der Waals surface area contributed by atoms with Crippen LogP contribution in [0.3, 0.4) is 0 Å². The summed E-state index contributed by atoms with van der Waals surface area (Å²) in [6, 6.07) is 6.84. The molecule has 1 heteroatoms. The summed E-state index contributed by atoms with van der Waals surface area (Å²) in [4.78, 5) is 0. The summed E-state index contributed by atoms with van der Waals surface area (Å²) in [6.45, 7) is 23.6. The Kier molecular flexibility index (Phi) is 7.08. The average molecular weight is 350 g/mol. The molecule has 1 nitrogen and oxygen atoms in total. The Morgan fingerprint density at radius 3 is 2.38 bits per heavy atom. The van der Waals surface area contributed by atoms with E-state index in [0.29, 0.717) is 0 Å². The Morgan fingerprint density at radius 1 is 1.04 bits per heavy atom. The average Bonchev–Trinajstić information content (AvgIpc) is 2.84. The molecule has 1 aromatic carbocycles. The smallest absolute Gasteiger partial charge is 0.0549 e. The fourth-order valence-corrected chi connectivity index (χ4v) is 3.90. The second-order valence-corrected chi connectivity index (χ2v) is 7.77. The summed E-state index contributed by atoms with van der Waals surface area (Å²) in [5.74, 6) is 0. The molecule has 1 atom stereocenters. The number of hydrogen-bond acceptors (Lipinski definition) is 0. The number of rotatable bonds is 10. The highest BCUT2D eigenvalue weighted by Gasteiger charge is 2.17. The van der Waals surface area contributed by atoms with Crippen LogP contribution in [0.25, 0.3) is 23.9 Å². The number of hydrogen-bond donors (Lipinski definition) is 0. The molecule has 0 fully saturated rings. The van der Waals surface area contributed by atoms with E-state index in [-0.39, 0.29) is 6.04 Å². The topological polar surface area (TPSA) is 4.93 Å². The van der Waals surface area contributed by atoms with E-state index >= 15 is 0 Å². The maximum atomic E-state index is 4.46. The molecule has 140 valence electrons. The van der Waals surface area contributed by atoms with Crippen molar-refractivity contribution in [2.24, 2.45) is 0 Å². The third-order valence-electron chi connectivity index (χ3n) is 5.36. The molecule has 1 heterocycles. The highest BCUT2D eigenvalue weighted by molar-refractivity contribution is 5.87. The lowest BCUT2D eigenvalue weighted by Gasteiger charge is -2.20. The van der Waals surface area contributed by atoms with Gasteiger partial charge < -0.3 is 4.57 Å². The van der Waals surface area contributed by atoms with Gasteiger partial charge in [-0.25, -0.2) is 0 Å². The number of aryl methyl sites for hydroxylation is 1. The van der Waals surface area contributed by atoms with Crippen LogP contribution in [0.1, 0.15) is 70.9 Å². The molecule has 0 aliphatic carbocycles. The Morgan fingerprint density at radius 2 is 1.77 bits per heavy atom. The van der Waals surface area contributed by atoms with Gasteiger partial charge in [0.15, 0.2) is 0 Å². The maximum absolute atomic E-state index is 4.46. The molecule has 0 bridgehead atoms. The predicted molar refractivity (Wildman–Crippen MR) is 118 cm³/mol. The van der Waals surface area contributed by atoms with E-state index in [2.05, 4.69) is 69.9 Å². The van der Waals surface area contributed by atoms with Crippen LogP contribution in [-0.2, 0) is 6.42 Å². The van der Waals surface area contributed by atoms with Crippen molar-refractivity contribution in [2.75, 3.05) is 0 Å². The molecular formula is C25H35N. The van der Waals surface area contributed by atoms with Gasteiger partial charge in [0, 0.05) is 21.5 Å². The third-order valence-corrected chi connectivity index (χ3v) is 5.36. The van der Waals surface area contributed by atoms with Gasteiger partial charge in [-0.2, -0.15) is 0 Å². The predicted octanol–water partition coefficient (Wildman–Crippen LogP) is 6.06. The molecule has 0 saturated carbocycles. The fourth-order valence-electron chi connectivity index (χ4n) is 3.90. The van der Waals surface area contributed by atoms with Crippen molar-refractivity contribution in [3.63, 3.8) is 0 Å². The second-order valence-electron chi connectivity index (χ2n) is 7.77. The molecule has 0 amide bonds. The van der Waals surface area contributed by atoms with Crippen molar-refractivity contribution >= 4 is 23.9 Å². The Labute approximate surface area is 159 Å². The lowest BCUT2D eigenvalue weighted by molar-refractivity contribution is 0.516. The zero-order chi connectivity index (χ0) is 19.3. The largest absolute Gasteiger partial charge is 0.334 e. The van der Waals surface area contributed by atoms with Crippen molar-refractivity contribution in [1.29, 1.82) is 0 Å². The van der Waals surface area contributed by atoms with E-state index < -0.39 is 0 Å². The van der Waals surface area contributed by atoms with E-state index in [9.17, 15) is 0 Å². The van der Waals surface area contributed by atoms with E-state index in [1.807, 2.05) is 0 Å². The van der Waals surface area contributed by atoms with Crippen molar-refractivity contribution in [3.05, 3.63) is 58.8 Å². The zero-order valence-electron chi connectivity index (χ0n) is 17.0. The lowest BCUT2D eigenvalue weighted by atomic mass is 10.0. The quantitative estimate of drug-likeness (QED) is 0.363. The molecule has 1 aromatic heterocycles. The summed E-state index contributed by atoms with van der Waals surface area (Å²) < 4.78 is 2.31. The number of unbranched alkanes of at least 4 members (excludes halogenated alkanes) is 3. The second kappa shape index (κ2) is 9.07. The summed E-state index contributed by atoms with van der Waals surface area (Å²) >= 11 is 0. The molecule has 0 aliphatic heterocycles. The summed E-state index contributed by atoms with van der Waals surface area (Å²) in [6.07, 6.45) is 8.23. The minimum absolute atomic E-state index is 0.229. The van der Waals surface area contributed by atoms with E-state index in [4.69, 9.17) is 0 Å². The molecule has 0 spiro atoms. The molecule has 0 aliphatic rings. The molecular weight excluding hydrogens is 314 g/mol. The van der Waals surface area contributed by atoms with Gasteiger partial charge in [-0.3, -0.25) is 0 Å². The van der Waals surface area contributed by atoms with Gasteiger partial charge in [-0.15, -0.1) is 6.58 Å². The standard InChI is InChI=1S/C25H35N/c1-8-9-10-11-13-22-14-12-15-23-20(6)26(21(7)25(22)23)24(19(4)5)17-16-18(2)3/h12,14-15,24H,2,4,6-11,13,16-17H2,1,3,5H3. The Bertz CT molecular complexity index is 881. The zero-order valence-corrected chi connectivity index (χ0v) is 17.0. The minimum Gasteiger partial charge on any atom is -0.334 e. The van der Waals surface area contributed by atoms with Gasteiger partial charge in [-0.05, 0) is 45.1 Å². The number of fused-ring (bicyclic) bond motifs is 1. The van der Waals surface area contributed by atoms with E-state index in [1.54, 1.807) is 0 Å². The Balaban J connectivity index is 2.48. The molecule has 2 aromatic rings. The van der Waals surface area contributed by atoms with Crippen LogP contribution in [0.5, 0.6) is 0 Å². The van der Waals surface area contributed by atoms with Crippen molar-refractivity contribution in [1.82, 2.24) is 4.57 Å². The van der Waals surface area contributed by atoms with Crippen molar-refractivity contribution in [2.45, 2.75) is 71.8 Å². The van der Waals surface area contributed by atoms with Gasteiger partial charge in [-0.1, -0.05) is 75.3 Å². The summed E-state index contributed by atoms with van der Waals surface area (Å²) in [5.41, 5.74) is 3.78.